The monoisotopic (exact) mass is 464 g/mol. The van der Waals surface area contributed by atoms with E-state index in [9.17, 15) is 14.4 Å². The minimum absolute atomic E-state index is 0.0168. The molecule has 1 saturated heterocycles. The average molecular weight is 465 g/mol. The second-order valence-corrected chi connectivity index (χ2v) is 7.30. The zero-order chi connectivity index (χ0) is 21.0. The van der Waals surface area contributed by atoms with E-state index < -0.39 is 5.69 Å². The summed E-state index contributed by atoms with van der Waals surface area (Å²) in [7, 11) is 0. The molecule has 3 rings (SSSR count). The van der Waals surface area contributed by atoms with Crippen LogP contribution in [-0.2, 0) is 11.2 Å². The molecule has 0 spiro atoms. The number of halogens is 1. The van der Waals surface area contributed by atoms with Gasteiger partial charge in [-0.3, -0.25) is 9.59 Å². The number of H-pyrrole nitrogens is 1. The Hall–Kier alpha value is -2.86. The largest absolute Gasteiger partial charge is 0.382 e. The van der Waals surface area contributed by atoms with Crippen molar-refractivity contribution >= 4 is 39.1 Å². The van der Waals surface area contributed by atoms with Crippen LogP contribution in [0.3, 0.4) is 0 Å². The minimum atomic E-state index is -0.554. The van der Waals surface area contributed by atoms with Gasteiger partial charge >= 0.3 is 5.69 Å². The fourth-order valence-corrected chi connectivity index (χ4v) is 3.41. The number of aromatic amines is 1. The van der Waals surface area contributed by atoms with Crippen LogP contribution in [-0.4, -0.2) is 69.3 Å². The summed E-state index contributed by atoms with van der Waals surface area (Å²) in [4.78, 5) is 54.6. The molecule has 2 aromatic rings. The number of anilines is 2. The maximum Gasteiger partial charge on any atom is 0.345 e. The Morgan fingerprint density at radius 1 is 1.17 bits per heavy atom. The van der Waals surface area contributed by atoms with Crippen molar-refractivity contribution in [3.8, 4) is 0 Å². The van der Waals surface area contributed by atoms with Gasteiger partial charge in [0.2, 0.25) is 5.91 Å². The molecule has 0 bridgehead atoms. The van der Waals surface area contributed by atoms with Crippen LogP contribution in [0.15, 0.2) is 21.8 Å². The normalized spacial score (nSPS) is 14.1. The number of hydrogen-bond donors (Lipinski definition) is 3. The summed E-state index contributed by atoms with van der Waals surface area (Å²) in [5.74, 6) is -0.342. The van der Waals surface area contributed by atoms with Gasteiger partial charge in [-0.25, -0.2) is 14.8 Å². The number of nitrogen functional groups attached to an aromatic ring is 1. The van der Waals surface area contributed by atoms with E-state index in [1.807, 2.05) is 4.90 Å². The van der Waals surface area contributed by atoms with E-state index >= 15 is 0 Å². The van der Waals surface area contributed by atoms with E-state index in [1.54, 1.807) is 4.90 Å². The van der Waals surface area contributed by atoms with E-state index in [4.69, 9.17) is 11.5 Å². The number of amides is 1. The second-order valence-electron chi connectivity index (χ2n) is 6.49. The molecule has 1 amide bonds. The number of aromatic nitrogens is 4. The number of carbonyl (C=O) groups excluding carboxylic acids is 2. The van der Waals surface area contributed by atoms with Crippen LogP contribution in [0.5, 0.6) is 0 Å². The van der Waals surface area contributed by atoms with Gasteiger partial charge in [0.05, 0.1) is 30.2 Å². The topological polar surface area (TPSA) is 164 Å². The Balaban J connectivity index is 1.78. The lowest BCUT2D eigenvalue weighted by Crippen LogP contribution is -2.49. The molecule has 0 atom stereocenters. The molecule has 0 radical (unpaired) electrons. The van der Waals surface area contributed by atoms with E-state index in [0.717, 1.165) is 0 Å². The minimum Gasteiger partial charge on any atom is -0.382 e. The molecule has 1 aliphatic heterocycles. The predicted octanol–water partition coefficient (Wildman–Crippen LogP) is -0.673. The molecule has 0 aliphatic carbocycles. The lowest BCUT2D eigenvalue weighted by molar-refractivity contribution is -0.131. The summed E-state index contributed by atoms with van der Waals surface area (Å²) in [6.07, 6.45) is 3.04. The highest BCUT2D eigenvalue weighted by Gasteiger charge is 2.24. The highest BCUT2D eigenvalue weighted by Crippen LogP contribution is 2.21. The van der Waals surface area contributed by atoms with Crippen LogP contribution in [0.2, 0.25) is 0 Å². The Morgan fingerprint density at radius 2 is 1.90 bits per heavy atom. The number of nitrogens with one attached hydrogen (secondary N) is 1. The van der Waals surface area contributed by atoms with Crippen LogP contribution in [0.1, 0.15) is 22.6 Å². The maximum atomic E-state index is 12.7. The number of rotatable bonds is 6. The third kappa shape index (κ3) is 4.95. The highest BCUT2D eigenvalue weighted by atomic mass is 79.9. The van der Waals surface area contributed by atoms with Gasteiger partial charge in [0.1, 0.15) is 10.3 Å². The molecular formula is C17H21BrN8O3. The van der Waals surface area contributed by atoms with Gasteiger partial charge < -0.3 is 26.3 Å². The summed E-state index contributed by atoms with van der Waals surface area (Å²) >= 11 is 3.17. The van der Waals surface area contributed by atoms with E-state index in [-0.39, 0.29) is 29.6 Å². The number of Topliss-reactive ketones (excluding diaryl/α,β-unsaturated/α-hetero) is 1. The van der Waals surface area contributed by atoms with Crippen LogP contribution in [0.4, 0.5) is 11.5 Å². The van der Waals surface area contributed by atoms with Crippen LogP contribution in [0, 0.1) is 0 Å². The number of ketones is 1. The first kappa shape index (κ1) is 20.9. The summed E-state index contributed by atoms with van der Waals surface area (Å²) in [6.45, 7) is 2.45. The number of piperazine rings is 1. The molecule has 0 saturated carbocycles. The zero-order valence-corrected chi connectivity index (χ0v) is 17.2. The van der Waals surface area contributed by atoms with E-state index in [2.05, 4.69) is 35.9 Å². The molecule has 29 heavy (non-hydrogen) atoms. The zero-order valence-electron chi connectivity index (χ0n) is 15.6. The highest BCUT2D eigenvalue weighted by molar-refractivity contribution is 9.10. The molecule has 12 heteroatoms. The molecule has 0 aromatic carbocycles. The van der Waals surface area contributed by atoms with Gasteiger partial charge in [-0.1, -0.05) is 0 Å². The molecule has 11 nitrogen and oxygen atoms in total. The van der Waals surface area contributed by atoms with Gasteiger partial charge in [-0.05, 0) is 15.9 Å². The van der Waals surface area contributed by atoms with Crippen molar-refractivity contribution in [1.29, 1.82) is 0 Å². The molecule has 3 heterocycles. The van der Waals surface area contributed by atoms with Gasteiger partial charge in [-0.15, -0.1) is 0 Å². The number of carbonyl (C=O) groups is 2. The van der Waals surface area contributed by atoms with Crippen LogP contribution in [0.25, 0.3) is 0 Å². The Labute approximate surface area is 174 Å². The summed E-state index contributed by atoms with van der Waals surface area (Å²) in [5, 5.41) is 0. The standard InChI is InChI=1S/C17H21BrN8O3/c18-13-9-21-16(20)15(24-13)12(27)7-10-11(8-22-17(29)23-10)25-3-5-26(6-4-25)14(28)1-2-19/h8-9H,1-7,19H2,(H2,20,21)(H,22,23,29). The Morgan fingerprint density at radius 3 is 2.59 bits per heavy atom. The van der Waals surface area contributed by atoms with Crippen molar-refractivity contribution in [2.75, 3.05) is 43.4 Å². The fraction of sp³-hybridized carbons (Fsp3) is 0.412. The van der Waals surface area contributed by atoms with Crippen molar-refractivity contribution in [2.45, 2.75) is 12.8 Å². The van der Waals surface area contributed by atoms with Gasteiger partial charge in [0.25, 0.3) is 0 Å². The number of nitrogens with two attached hydrogens (primary N) is 2. The van der Waals surface area contributed by atoms with Gasteiger partial charge in [0, 0.05) is 39.1 Å². The Bertz CT molecular complexity index is 971. The van der Waals surface area contributed by atoms with Crippen molar-refractivity contribution in [1.82, 2.24) is 24.8 Å². The molecule has 2 aromatic heterocycles. The van der Waals surface area contributed by atoms with Crippen molar-refractivity contribution < 1.29 is 9.59 Å². The van der Waals surface area contributed by atoms with E-state index in [0.29, 0.717) is 55.1 Å². The molecule has 154 valence electrons. The molecule has 0 unspecified atom stereocenters. The first-order valence-electron chi connectivity index (χ1n) is 9.01. The molecule has 1 fully saturated rings. The number of hydrogen-bond acceptors (Lipinski definition) is 9. The van der Waals surface area contributed by atoms with Crippen molar-refractivity contribution in [2.24, 2.45) is 5.73 Å². The average Bonchev–Trinajstić information content (AvgIpc) is 2.70. The summed E-state index contributed by atoms with van der Waals surface area (Å²) in [5.41, 5.74) is 11.7. The smallest absolute Gasteiger partial charge is 0.345 e. The maximum absolute atomic E-state index is 12.7. The molecular weight excluding hydrogens is 444 g/mol. The third-order valence-electron chi connectivity index (χ3n) is 4.58. The second kappa shape index (κ2) is 9.09. The Kier molecular flexibility index (Phi) is 6.54. The van der Waals surface area contributed by atoms with E-state index in [1.165, 1.54) is 12.4 Å². The molecule has 5 N–H and O–H groups in total. The lowest BCUT2D eigenvalue weighted by atomic mass is 10.1. The van der Waals surface area contributed by atoms with Crippen LogP contribution >= 0.6 is 15.9 Å². The number of nitrogens with zero attached hydrogens (tertiary/aromatic N) is 5. The first-order valence-corrected chi connectivity index (χ1v) is 9.80. The lowest BCUT2D eigenvalue weighted by Gasteiger charge is -2.36. The first-order chi connectivity index (χ1) is 13.9. The fourth-order valence-electron chi connectivity index (χ4n) is 3.14. The van der Waals surface area contributed by atoms with Gasteiger partial charge in [-0.2, -0.15) is 4.98 Å². The third-order valence-corrected chi connectivity index (χ3v) is 4.96. The quantitative estimate of drug-likeness (QED) is 0.469. The van der Waals surface area contributed by atoms with Gasteiger partial charge in [0.15, 0.2) is 11.6 Å². The van der Waals surface area contributed by atoms with Crippen molar-refractivity contribution in [3.63, 3.8) is 0 Å². The SMILES string of the molecule is NCCC(=O)N1CCN(c2cnc(=O)[nH]c2CC(=O)c2nc(Br)cnc2N)CC1. The summed E-state index contributed by atoms with van der Waals surface area (Å²) < 4.78 is 0.386. The predicted molar refractivity (Wildman–Crippen MR) is 110 cm³/mol. The molecule has 1 aliphatic rings. The van der Waals surface area contributed by atoms with Crippen LogP contribution < -0.4 is 22.1 Å². The van der Waals surface area contributed by atoms with Crippen molar-refractivity contribution in [3.05, 3.63) is 38.9 Å². The summed E-state index contributed by atoms with van der Waals surface area (Å²) in [6, 6.07) is 0.